The number of hydrogen-bond acceptors (Lipinski definition) is 4. The summed E-state index contributed by atoms with van der Waals surface area (Å²) in [5.74, 6) is -1.62. The number of nitrogens with one attached hydrogen (secondary N) is 1. The normalized spacial score (nSPS) is 19.1. The quantitative estimate of drug-likeness (QED) is 0.893. The van der Waals surface area contributed by atoms with Crippen LogP contribution in [0.25, 0.3) is 0 Å². The van der Waals surface area contributed by atoms with Crippen molar-refractivity contribution in [2.24, 2.45) is 0 Å². The molecule has 19 heavy (non-hydrogen) atoms. The maximum Gasteiger partial charge on any atom is 0.337 e. The van der Waals surface area contributed by atoms with Crippen molar-refractivity contribution < 1.29 is 19.4 Å². The van der Waals surface area contributed by atoms with Crippen molar-refractivity contribution in [2.75, 3.05) is 18.5 Å². The first kappa shape index (κ1) is 14.1. The summed E-state index contributed by atoms with van der Waals surface area (Å²) in [6.07, 6.45) is 0. The van der Waals surface area contributed by atoms with Crippen LogP contribution in [-0.2, 0) is 9.47 Å². The van der Waals surface area contributed by atoms with E-state index >= 15 is 0 Å². The molecule has 5 nitrogen and oxygen atoms in total. The van der Waals surface area contributed by atoms with E-state index in [0.29, 0.717) is 18.9 Å². The summed E-state index contributed by atoms with van der Waals surface area (Å²) in [6.45, 7) is 4.71. The Morgan fingerprint density at radius 3 is 2.63 bits per heavy atom. The summed E-state index contributed by atoms with van der Waals surface area (Å²) in [5, 5.41) is 12.4. The lowest BCUT2D eigenvalue weighted by atomic mass is 10.2. The van der Waals surface area contributed by atoms with Crippen molar-refractivity contribution in [1.29, 1.82) is 0 Å². The predicted octanol–water partition coefficient (Wildman–Crippen LogP) is 2.60. The zero-order valence-corrected chi connectivity index (χ0v) is 11.5. The number of anilines is 1. The van der Waals surface area contributed by atoms with Gasteiger partial charge in [-0.15, -0.1) is 0 Å². The molecule has 0 radical (unpaired) electrons. The number of benzene rings is 1. The monoisotopic (exact) mass is 285 g/mol. The average Bonchev–Trinajstić information content (AvgIpc) is 2.34. The van der Waals surface area contributed by atoms with Gasteiger partial charge < -0.3 is 19.9 Å². The van der Waals surface area contributed by atoms with Crippen LogP contribution in [-0.4, -0.2) is 36.1 Å². The van der Waals surface area contributed by atoms with Crippen molar-refractivity contribution in [3.63, 3.8) is 0 Å². The molecule has 0 spiro atoms. The van der Waals surface area contributed by atoms with Crippen LogP contribution < -0.4 is 5.32 Å². The highest BCUT2D eigenvalue weighted by molar-refractivity contribution is 6.33. The van der Waals surface area contributed by atoms with Gasteiger partial charge in [-0.05, 0) is 32.0 Å². The fourth-order valence-electron chi connectivity index (χ4n) is 1.79. The number of rotatable bonds is 3. The Morgan fingerprint density at radius 1 is 1.42 bits per heavy atom. The Balaban J connectivity index is 2.04. The van der Waals surface area contributed by atoms with Crippen LogP contribution in [0, 0.1) is 0 Å². The van der Waals surface area contributed by atoms with E-state index in [1.54, 1.807) is 12.1 Å². The molecule has 1 aromatic carbocycles. The van der Waals surface area contributed by atoms with Gasteiger partial charge in [0.2, 0.25) is 0 Å². The van der Waals surface area contributed by atoms with Gasteiger partial charge in [0, 0.05) is 5.69 Å². The smallest absolute Gasteiger partial charge is 0.337 e. The van der Waals surface area contributed by atoms with Gasteiger partial charge in [0.1, 0.15) is 0 Å². The first-order valence-corrected chi connectivity index (χ1v) is 6.32. The van der Waals surface area contributed by atoms with Crippen molar-refractivity contribution >= 4 is 23.3 Å². The van der Waals surface area contributed by atoms with Gasteiger partial charge in [-0.2, -0.15) is 0 Å². The topological polar surface area (TPSA) is 67.8 Å². The summed E-state index contributed by atoms with van der Waals surface area (Å²) < 4.78 is 11.0. The summed E-state index contributed by atoms with van der Waals surface area (Å²) in [7, 11) is 0. The number of aromatic carboxylic acids is 1. The van der Waals surface area contributed by atoms with Crippen LogP contribution in [0.1, 0.15) is 24.2 Å². The van der Waals surface area contributed by atoms with Crippen molar-refractivity contribution in [2.45, 2.75) is 25.7 Å². The van der Waals surface area contributed by atoms with E-state index in [1.165, 1.54) is 6.07 Å². The van der Waals surface area contributed by atoms with E-state index in [2.05, 4.69) is 5.32 Å². The summed E-state index contributed by atoms with van der Waals surface area (Å²) in [4.78, 5) is 11.0. The molecule has 0 unspecified atom stereocenters. The molecule has 0 saturated carbocycles. The number of hydrogen-bond donors (Lipinski definition) is 2. The molecule has 1 fully saturated rings. The van der Waals surface area contributed by atoms with Gasteiger partial charge in [0.05, 0.1) is 29.8 Å². The summed E-state index contributed by atoms with van der Waals surface area (Å²) in [5.41, 5.74) is 0.753. The molecule has 1 heterocycles. The van der Waals surface area contributed by atoms with E-state index in [9.17, 15) is 4.79 Å². The first-order valence-electron chi connectivity index (χ1n) is 5.95. The van der Waals surface area contributed by atoms with Crippen LogP contribution >= 0.6 is 11.6 Å². The molecule has 2 rings (SSSR count). The van der Waals surface area contributed by atoms with Crippen LogP contribution in [0.3, 0.4) is 0 Å². The molecule has 0 aromatic heterocycles. The van der Waals surface area contributed by atoms with E-state index in [-0.39, 0.29) is 16.6 Å². The minimum absolute atomic E-state index is 0.0177. The number of halogens is 1. The summed E-state index contributed by atoms with van der Waals surface area (Å²) in [6, 6.07) is 4.77. The Kier molecular flexibility index (Phi) is 3.99. The number of carboxylic acids is 1. The molecule has 104 valence electrons. The Hall–Kier alpha value is -1.30. The Labute approximate surface area is 116 Å². The lowest BCUT2D eigenvalue weighted by molar-refractivity contribution is -0.247. The van der Waals surface area contributed by atoms with Gasteiger partial charge >= 0.3 is 5.97 Å². The maximum atomic E-state index is 11.0. The number of ether oxygens (including phenoxy) is 2. The number of carboxylic acid groups (broad SMARTS) is 1. The first-order chi connectivity index (χ1) is 8.87. The molecular formula is C13H16ClNO4. The molecule has 0 aliphatic carbocycles. The highest BCUT2D eigenvalue weighted by atomic mass is 35.5. The fourth-order valence-corrected chi connectivity index (χ4v) is 1.99. The maximum absolute atomic E-state index is 11.0. The van der Waals surface area contributed by atoms with Gasteiger partial charge in [-0.1, -0.05) is 11.6 Å². The van der Waals surface area contributed by atoms with E-state index in [1.807, 2.05) is 13.8 Å². The average molecular weight is 286 g/mol. The Morgan fingerprint density at radius 2 is 2.05 bits per heavy atom. The fraction of sp³-hybridized carbons (Fsp3) is 0.462. The second-order valence-corrected chi connectivity index (χ2v) is 5.27. The molecule has 0 bridgehead atoms. The third-order valence-electron chi connectivity index (χ3n) is 2.83. The van der Waals surface area contributed by atoms with E-state index in [0.717, 1.165) is 0 Å². The van der Waals surface area contributed by atoms with Crippen molar-refractivity contribution in [3.8, 4) is 0 Å². The van der Waals surface area contributed by atoms with Gasteiger partial charge in [-0.3, -0.25) is 0 Å². The molecule has 0 atom stereocenters. The molecule has 1 saturated heterocycles. The SMILES string of the molecule is CC1(C)OCC(Nc2ccc(Cl)c(C(=O)O)c2)CO1. The third kappa shape index (κ3) is 3.59. The highest BCUT2D eigenvalue weighted by Gasteiger charge is 2.28. The number of carbonyl (C=O) groups is 1. The van der Waals surface area contributed by atoms with E-state index in [4.69, 9.17) is 26.2 Å². The molecule has 0 amide bonds. The standard InChI is InChI=1S/C13H16ClNO4/c1-13(2)18-6-9(7-19-13)15-8-3-4-11(14)10(5-8)12(16)17/h3-5,9,15H,6-7H2,1-2H3,(H,16,17). The van der Waals surface area contributed by atoms with Crippen molar-refractivity contribution in [1.82, 2.24) is 0 Å². The predicted molar refractivity (Wildman–Crippen MR) is 71.8 cm³/mol. The van der Waals surface area contributed by atoms with Crippen LogP contribution in [0.15, 0.2) is 18.2 Å². The molecule has 1 aromatic rings. The highest BCUT2D eigenvalue weighted by Crippen LogP contribution is 2.23. The van der Waals surface area contributed by atoms with Crippen molar-refractivity contribution in [3.05, 3.63) is 28.8 Å². The second-order valence-electron chi connectivity index (χ2n) is 4.86. The van der Waals surface area contributed by atoms with Crippen LogP contribution in [0.2, 0.25) is 5.02 Å². The lowest BCUT2D eigenvalue weighted by Gasteiger charge is -2.35. The lowest BCUT2D eigenvalue weighted by Crippen LogP contribution is -2.45. The van der Waals surface area contributed by atoms with Gasteiger partial charge in [-0.25, -0.2) is 4.79 Å². The summed E-state index contributed by atoms with van der Waals surface area (Å²) >= 11 is 5.81. The zero-order valence-electron chi connectivity index (χ0n) is 10.8. The zero-order chi connectivity index (χ0) is 14.0. The minimum atomic E-state index is -1.05. The molecular weight excluding hydrogens is 270 g/mol. The molecule has 6 heteroatoms. The van der Waals surface area contributed by atoms with Crippen LogP contribution in [0.5, 0.6) is 0 Å². The minimum Gasteiger partial charge on any atom is -0.478 e. The molecule has 2 N–H and O–H groups in total. The van der Waals surface area contributed by atoms with Gasteiger partial charge in [0.15, 0.2) is 5.79 Å². The molecule has 1 aliphatic heterocycles. The van der Waals surface area contributed by atoms with E-state index < -0.39 is 11.8 Å². The van der Waals surface area contributed by atoms with Gasteiger partial charge in [0.25, 0.3) is 0 Å². The Bertz CT molecular complexity index is 480. The largest absolute Gasteiger partial charge is 0.478 e. The van der Waals surface area contributed by atoms with Crippen LogP contribution in [0.4, 0.5) is 5.69 Å². The molecule has 1 aliphatic rings. The third-order valence-corrected chi connectivity index (χ3v) is 3.16. The second kappa shape index (κ2) is 5.36.